The van der Waals surface area contributed by atoms with Crippen molar-refractivity contribution in [1.82, 2.24) is 10.6 Å². The maximum absolute atomic E-state index is 11.7. The quantitative estimate of drug-likeness (QED) is 0.594. The Morgan fingerprint density at radius 2 is 1.90 bits per heavy atom. The summed E-state index contributed by atoms with van der Waals surface area (Å²) in [5.74, 6) is -0.00105. The van der Waals surface area contributed by atoms with Crippen molar-refractivity contribution in [3.8, 4) is 0 Å². The van der Waals surface area contributed by atoms with E-state index < -0.39 is 0 Å². The highest BCUT2D eigenvalue weighted by molar-refractivity contribution is 7.80. The van der Waals surface area contributed by atoms with Gasteiger partial charge in [-0.15, -0.1) is 0 Å². The van der Waals surface area contributed by atoms with Crippen LogP contribution in [0, 0.1) is 0 Å². The molecule has 1 aromatic rings. The molecule has 0 radical (unpaired) electrons. The van der Waals surface area contributed by atoms with Crippen molar-refractivity contribution in [3.63, 3.8) is 0 Å². The molecule has 1 rings (SSSR count). The second-order valence-corrected chi connectivity index (χ2v) is 5.26. The Labute approximate surface area is 127 Å². The number of hydrogen-bond donors (Lipinski definition) is 2. The Balaban J connectivity index is 2.42. The van der Waals surface area contributed by atoms with E-state index in [4.69, 9.17) is 12.2 Å². The van der Waals surface area contributed by atoms with E-state index in [9.17, 15) is 4.79 Å². The van der Waals surface area contributed by atoms with Crippen LogP contribution in [0.4, 0.5) is 0 Å². The van der Waals surface area contributed by atoms with Gasteiger partial charge < -0.3 is 10.6 Å². The molecule has 1 amide bonds. The molecule has 20 heavy (non-hydrogen) atoms. The summed E-state index contributed by atoms with van der Waals surface area (Å²) in [6, 6.07) is 10.3. The zero-order valence-corrected chi connectivity index (χ0v) is 13.1. The number of thiocarbonyl (C=S) groups is 1. The fourth-order valence-electron chi connectivity index (χ4n) is 2.03. The van der Waals surface area contributed by atoms with Gasteiger partial charge >= 0.3 is 0 Å². The Kier molecular flexibility index (Phi) is 7.88. The van der Waals surface area contributed by atoms with Crippen LogP contribution in [-0.2, 0) is 4.79 Å². The molecule has 0 aliphatic heterocycles. The van der Waals surface area contributed by atoms with Crippen molar-refractivity contribution < 1.29 is 4.79 Å². The molecule has 0 aliphatic carbocycles. The van der Waals surface area contributed by atoms with Crippen LogP contribution in [0.25, 0.3) is 0 Å². The van der Waals surface area contributed by atoms with Gasteiger partial charge in [0.1, 0.15) is 0 Å². The molecule has 3 nitrogen and oxygen atoms in total. The minimum Gasteiger partial charge on any atom is -0.356 e. The molecule has 0 heterocycles. The van der Waals surface area contributed by atoms with Gasteiger partial charge in [0.15, 0.2) is 5.11 Å². The lowest BCUT2D eigenvalue weighted by atomic mass is 10.1. The summed E-state index contributed by atoms with van der Waals surface area (Å²) in [5, 5.41) is 6.38. The molecule has 0 saturated heterocycles. The average molecular weight is 292 g/mol. The normalized spacial score (nSPS) is 11.7. The number of unbranched alkanes of at least 4 members (excludes halogenated alkanes) is 2. The Hall–Kier alpha value is -1.42. The first-order valence-electron chi connectivity index (χ1n) is 7.32. The van der Waals surface area contributed by atoms with E-state index in [0.717, 1.165) is 25.7 Å². The van der Waals surface area contributed by atoms with Gasteiger partial charge in [0, 0.05) is 6.42 Å². The molecule has 0 aromatic heterocycles. The highest BCUT2D eigenvalue weighted by Gasteiger charge is 2.11. The molecule has 0 saturated carbocycles. The maximum Gasteiger partial charge on any atom is 0.226 e. The summed E-state index contributed by atoms with van der Waals surface area (Å²) >= 11 is 5.21. The molecule has 4 heteroatoms. The number of rotatable bonds is 7. The number of nitrogens with one attached hydrogen (secondary N) is 2. The van der Waals surface area contributed by atoms with Gasteiger partial charge in [0.25, 0.3) is 0 Å². The Morgan fingerprint density at radius 3 is 2.50 bits per heavy atom. The third-order valence-corrected chi connectivity index (χ3v) is 3.40. The molecular formula is C16H24N2OS. The van der Waals surface area contributed by atoms with Gasteiger partial charge in [0.05, 0.1) is 6.04 Å². The molecule has 1 aromatic carbocycles. The van der Waals surface area contributed by atoms with Crippen LogP contribution in [0.15, 0.2) is 30.3 Å². The van der Waals surface area contributed by atoms with Crippen molar-refractivity contribution >= 4 is 23.2 Å². The van der Waals surface area contributed by atoms with Crippen LogP contribution in [0.5, 0.6) is 0 Å². The van der Waals surface area contributed by atoms with Gasteiger partial charge in [-0.05, 0) is 30.6 Å². The van der Waals surface area contributed by atoms with E-state index in [1.54, 1.807) is 0 Å². The summed E-state index contributed by atoms with van der Waals surface area (Å²) < 4.78 is 0. The van der Waals surface area contributed by atoms with Crippen LogP contribution in [0.2, 0.25) is 0 Å². The van der Waals surface area contributed by atoms with E-state index in [1.807, 2.05) is 18.2 Å². The summed E-state index contributed by atoms with van der Waals surface area (Å²) in [6.45, 7) is 4.21. The number of carbonyl (C=O) groups is 1. The number of amides is 1. The van der Waals surface area contributed by atoms with Crippen LogP contribution >= 0.6 is 12.2 Å². The molecule has 0 bridgehead atoms. The Bertz CT molecular complexity index is 420. The van der Waals surface area contributed by atoms with Crippen LogP contribution in [0.1, 0.15) is 57.6 Å². The van der Waals surface area contributed by atoms with E-state index in [0.29, 0.717) is 11.5 Å². The minimum atomic E-state index is -0.00105. The summed E-state index contributed by atoms with van der Waals surface area (Å²) in [4.78, 5) is 11.7. The van der Waals surface area contributed by atoms with Gasteiger partial charge in [-0.1, -0.05) is 57.0 Å². The van der Waals surface area contributed by atoms with Gasteiger partial charge in [-0.2, -0.15) is 0 Å². The first-order valence-corrected chi connectivity index (χ1v) is 7.73. The Morgan fingerprint density at radius 1 is 1.20 bits per heavy atom. The van der Waals surface area contributed by atoms with E-state index >= 15 is 0 Å². The topological polar surface area (TPSA) is 41.1 Å². The zero-order chi connectivity index (χ0) is 14.8. The van der Waals surface area contributed by atoms with Gasteiger partial charge in [-0.25, -0.2) is 0 Å². The monoisotopic (exact) mass is 292 g/mol. The first-order chi connectivity index (χ1) is 9.67. The second kappa shape index (κ2) is 9.48. The lowest BCUT2D eigenvalue weighted by Crippen LogP contribution is -2.40. The molecule has 110 valence electrons. The number of benzene rings is 1. The fraction of sp³-hybridized carbons (Fsp3) is 0.500. The van der Waals surface area contributed by atoms with Crippen molar-refractivity contribution in [2.75, 3.05) is 0 Å². The highest BCUT2D eigenvalue weighted by Crippen LogP contribution is 2.15. The average Bonchev–Trinajstić information content (AvgIpc) is 2.46. The zero-order valence-electron chi connectivity index (χ0n) is 12.3. The largest absolute Gasteiger partial charge is 0.356 e. The maximum atomic E-state index is 11.7. The van der Waals surface area contributed by atoms with Crippen LogP contribution < -0.4 is 10.6 Å². The van der Waals surface area contributed by atoms with E-state index in [-0.39, 0.29) is 11.9 Å². The SMILES string of the molecule is CCCCCC(=O)NC(=S)NC(CC)c1ccccc1. The third kappa shape index (κ3) is 6.15. The minimum absolute atomic E-state index is 0.00105. The molecule has 0 spiro atoms. The predicted octanol–water partition coefficient (Wildman–Crippen LogP) is 3.71. The lowest BCUT2D eigenvalue weighted by molar-refractivity contribution is -0.119. The van der Waals surface area contributed by atoms with Gasteiger partial charge in [0.2, 0.25) is 5.91 Å². The molecule has 0 fully saturated rings. The lowest BCUT2D eigenvalue weighted by Gasteiger charge is -2.19. The van der Waals surface area contributed by atoms with E-state index in [2.05, 4.69) is 36.6 Å². The van der Waals surface area contributed by atoms with E-state index in [1.165, 1.54) is 5.56 Å². The summed E-state index contributed by atoms with van der Waals surface area (Å²) in [5.41, 5.74) is 1.18. The third-order valence-electron chi connectivity index (χ3n) is 3.18. The van der Waals surface area contributed by atoms with Gasteiger partial charge in [-0.3, -0.25) is 4.79 Å². The number of hydrogen-bond acceptors (Lipinski definition) is 2. The smallest absolute Gasteiger partial charge is 0.226 e. The molecule has 1 unspecified atom stereocenters. The summed E-state index contributed by atoms with van der Waals surface area (Å²) in [7, 11) is 0. The van der Waals surface area contributed by atoms with Crippen molar-refractivity contribution in [3.05, 3.63) is 35.9 Å². The fourth-order valence-corrected chi connectivity index (χ4v) is 2.28. The van der Waals surface area contributed by atoms with Crippen LogP contribution in [0.3, 0.4) is 0 Å². The van der Waals surface area contributed by atoms with Crippen molar-refractivity contribution in [2.24, 2.45) is 0 Å². The van der Waals surface area contributed by atoms with Crippen LogP contribution in [-0.4, -0.2) is 11.0 Å². The molecule has 2 N–H and O–H groups in total. The molecular weight excluding hydrogens is 268 g/mol. The van der Waals surface area contributed by atoms with Crippen molar-refractivity contribution in [2.45, 2.75) is 52.0 Å². The summed E-state index contributed by atoms with van der Waals surface area (Å²) in [6.07, 6.45) is 4.56. The number of carbonyl (C=O) groups excluding carboxylic acids is 1. The second-order valence-electron chi connectivity index (χ2n) is 4.85. The van der Waals surface area contributed by atoms with Crippen molar-refractivity contribution in [1.29, 1.82) is 0 Å². The highest BCUT2D eigenvalue weighted by atomic mass is 32.1. The predicted molar refractivity (Wildman–Crippen MR) is 87.5 cm³/mol. The standard InChI is InChI=1S/C16H24N2OS/c1-3-5-7-12-15(19)18-16(20)17-14(4-2)13-10-8-6-9-11-13/h6,8-11,14H,3-5,7,12H2,1-2H3,(H2,17,18,19,20). The first kappa shape index (κ1) is 16.6. The molecule has 1 atom stereocenters. The molecule has 0 aliphatic rings.